The van der Waals surface area contributed by atoms with Crippen molar-refractivity contribution >= 4 is 33.0 Å². The third-order valence-corrected chi connectivity index (χ3v) is 3.62. The molecule has 4 nitrogen and oxygen atoms in total. The van der Waals surface area contributed by atoms with E-state index < -0.39 is 0 Å². The molecule has 0 aliphatic rings. The molecule has 0 aliphatic carbocycles. The van der Waals surface area contributed by atoms with Gasteiger partial charge in [-0.2, -0.15) is 4.98 Å². The molecule has 0 aliphatic heterocycles. The lowest BCUT2D eigenvalue weighted by Crippen LogP contribution is -2.00. The second kappa shape index (κ2) is 4.88. The lowest BCUT2D eigenvalue weighted by molar-refractivity contribution is -0.118. The van der Waals surface area contributed by atoms with Crippen molar-refractivity contribution in [2.75, 3.05) is 0 Å². The molecule has 6 heteroatoms. The number of carbonyl (C=O) groups excluding carboxylic acids is 1. The molecule has 0 fully saturated rings. The Bertz CT molecular complexity index is 506. The zero-order chi connectivity index (χ0) is 11.5. The average molecular weight is 301 g/mol. The molecule has 2 aromatic rings. The SMILES string of the molecule is CCC(=O)Cc1nc(-c2ccc(Br)s2)no1. The molecule has 0 amide bonds. The number of hydrogen-bond donors (Lipinski definition) is 0. The van der Waals surface area contributed by atoms with Crippen LogP contribution in [0.25, 0.3) is 10.7 Å². The summed E-state index contributed by atoms with van der Waals surface area (Å²) < 4.78 is 6.02. The highest BCUT2D eigenvalue weighted by Gasteiger charge is 2.12. The maximum atomic E-state index is 11.2. The van der Waals surface area contributed by atoms with Gasteiger partial charge in [0.1, 0.15) is 5.78 Å². The van der Waals surface area contributed by atoms with Gasteiger partial charge in [-0.3, -0.25) is 4.79 Å². The predicted octanol–water partition coefficient (Wildman–Crippen LogP) is 3.08. The van der Waals surface area contributed by atoms with E-state index in [0.717, 1.165) is 8.66 Å². The van der Waals surface area contributed by atoms with Crippen molar-refractivity contribution in [3.05, 3.63) is 21.8 Å². The van der Waals surface area contributed by atoms with Gasteiger partial charge in [-0.05, 0) is 28.1 Å². The molecule has 2 aromatic heterocycles. The molecule has 2 rings (SSSR count). The van der Waals surface area contributed by atoms with Gasteiger partial charge in [-0.15, -0.1) is 11.3 Å². The fourth-order valence-corrected chi connectivity index (χ4v) is 2.47. The van der Waals surface area contributed by atoms with Crippen LogP contribution in [-0.4, -0.2) is 15.9 Å². The summed E-state index contributed by atoms with van der Waals surface area (Å²) in [5.74, 6) is 1.02. The minimum absolute atomic E-state index is 0.0996. The minimum atomic E-state index is 0.0996. The molecular weight excluding hydrogens is 292 g/mol. The van der Waals surface area contributed by atoms with E-state index in [0.29, 0.717) is 18.1 Å². The van der Waals surface area contributed by atoms with Crippen molar-refractivity contribution in [2.45, 2.75) is 19.8 Å². The van der Waals surface area contributed by atoms with Gasteiger partial charge in [0.25, 0.3) is 0 Å². The van der Waals surface area contributed by atoms with Crippen LogP contribution in [0, 0.1) is 0 Å². The molecule has 0 atom stereocenters. The molecule has 0 saturated heterocycles. The topological polar surface area (TPSA) is 56.0 Å². The van der Waals surface area contributed by atoms with Crippen molar-refractivity contribution in [3.8, 4) is 10.7 Å². The molecule has 0 bridgehead atoms. The maximum Gasteiger partial charge on any atom is 0.234 e. The van der Waals surface area contributed by atoms with E-state index in [1.54, 1.807) is 0 Å². The van der Waals surface area contributed by atoms with Gasteiger partial charge in [0, 0.05) is 6.42 Å². The first-order chi connectivity index (χ1) is 7.69. The summed E-state index contributed by atoms with van der Waals surface area (Å²) in [6, 6.07) is 3.83. The lowest BCUT2D eigenvalue weighted by Gasteiger charge is -1.88. The lowest BCUT2D eigenvalue weighted by atomic mass is 10.2. The van der Waals surface area contributed by atoms with Crippen molar-refractivity contribution in [2.24, 2.45) is 0 Å². The molecule has 0 aromatic carbocycles. The van der Waals surface area contributed by atoms with Gasteiger partial charge in [0.2, 0.25) is 11.7 Å². The highest BCUT2D eigenvalue weighted by atomic mass is 79.9. The molecule has 0 spiro atoms. The van der Waals surface area contributed by atoms with E-state index in [4.69, 9.17) is 4.52 Å². The summed E-state index contributed by atoms with van der Waals surface area (Å²) in [5, 5.41) is 3.84. The van der Waals surface area contributed by atoms with Crippen LogP contribution < -0.4 is 0 Å². The number of carbonyl (C=O) groups is 1. The molecule has 0 N–H and O–H groups in total. The van der Waals surface area contributed by atoms with E-state index >= 15 is 0 Å². The number of thiophene rings is 1. The molecule has 0 unspecified atom stereocenters. The summed E-state index contributed by atoms with van der Waals surface area (Å²) >= 11 is 4.89. The van der Waals surface area contributed by atoms with Crippen LogP contribution in [0.15, 0.2) is 20.4 Å². The fourth-order valence-electron chi connectivity index (χ4n) is 1.15. The number of hydrogen-bond acceptors (Lipinski definition) is 5. The predicted molar refractivity (Wildman–Crippen MR) is 64.3 cm³/mol. The normalized spacial score (nSPS) is 10.6. The average Bonchev–Trinajstić information content (AvgIpc) is 2.87. The number of rotatable bonds is 4. The Hall–Kier alpha value is -1.01. The molecule has 2 heterocycles. The summed E-state index contributed by atoms with van der Waals surface area (Å²) in [5.41, 5.74) is 0. The second-order valence-corrected chi connectivity index (χ2v) is 5.65. The second-order valence-electron chi connectivity index (χ2n) is 3.18. The third-order valence-electron chi connectivity index (χ3n) is 2.00. The van der Waals surface area contributed by atoms with Crippen molar-refractivity contribution in [1.29, 1.82) is 0 Å². The minimum Gasteiger partial charge on any atom is -0.338 e. The standard InChI is InChI=1S/C10H9BrN2O2S/c1-2-6(14)5-9-12-10(13-15-9)7-3-4-8(11)16-7/h3-4H,2,5H2,1H3. The summed E-state index contributed by atoms with van der Waals surface area (Å²) in [4.78, 5) is 16.3. The number of halogens is 1. The number of aromatic nitrogens is 2. The Kier molecular flexibility index (Phi) is 3.50. The van der Waals surface area contributed by atoms with E-state index in [1.165, 1.54) is 11.3 Å². The fraction of sp³-hybridized carbons (Fsp3) is 0.300. The Morgan fingerprint density at radius 1 is 1.56 bits per heavy atom. The van der Waals surface area contributed by atoms with Crippen molar-refractivity contribution in [1.82, 2.24) is 10.1 Å². The van der Waals surface area contributed by atoms with E-state index in [1.807, 2.05) is 19.1 Å². The Labute approximate surface area is 105 Å². The Morgan fingerprint density at radius 2 is 2.38 bits per heavy atom. The smallest absolute Gasteiger partial charge is 0.234 e. The molecule has 16 heavy (non-hydrogen) atoms. The molecular formula is C10H9BrN2O2S. The maximum absolute atomic E-state index is 11.2. The van der Waals surface area contributed by atoms with Crippen LogP contribution in [0.5, 0.6) is 0 Å². The quantitative estimate of drug-likeness (QED) is 0.871. The van der Waals surface area contributed by atoms with Gasteiger partial charge in [-0.1, -0.05) is 12.1 Å². The highest BCUT2D eigenvalue weighted by molar-refractivity contribution is 9.11. The zero-order valence-corrected chi connectivity index (χ0v) is 11.0. The van der Waals surface area contributed by atoms with Gasteiger partial charge in [0.15, 0.2) is 0 Å². The van der Waals surface area contributed by atoms with Crippen LogP contribution in [0.3, 0.4) is 0 Å². The van der Waals surface area contributed by atoms with Gasteiger partial charge in [-0.25, -0.2) is 0 Å². The number of ketones is 1. The van der Waals surface area contributed by atoms with E-state index in [-0.39, 0.29) is 12.2 Å². The largest absolute Gasteiger partial charge is 0.338 e. The van der Waals surface area contributed by atoms with Crippen LogP contribution >= 0.6 is 27.3 Å². The van der Waals surface area contributed by atoms with E-state index in [9.17, 15) is 4.79 Å². The van der Waals surface area contributed by atoms with Crippen LogP contribution in [-0.2, 0) is 11.2 Å². The van der Waals surface area contributed by atoms with Gasteiger partial charge >= 0.3 is 0 Å². The van der Waals surface area contributed by atoms with Crippen molar-refractivity contribution < 1.29 is 9.32 Å². The molecule has 0 radical (unpaired) electrons. The first-order valence-corrected chi connectivity index (χ1v) is 6.40. The Morgan fingerprint density at radius 3 is 3.00 bits per heavy atom. The first kappa shape index (κ1) is 11.5. The third kappa shape index (κ3) is 2.56. The molecule has 0 saturated carbocycles. The Balaban J connectivity index is 2.16. The number of nitrogens with zero attached hydrogens (tertiary/aromatic N) is 2. The van der Waals surface area contributed by atoms with Crippen LogP contribution in [0.4, 0.5) is 0 Å². The molecule has 84 valence electrons. The summed E-state index contributed by atoms with van der Waals surface area (Å²) in [6.07, 6.45) is 0.707. The van der Waals surface area contributed by atoms with Crippen molar-refractivity contribution in [3.63, 3.8) is 0 Å². The van der Waals surface area contributed by atoms with Crippen LogP contribution in [0.2, 0.25) is 0 Å². The first-order valence-electron chi connectivity index (χ1n) is 4.79. The monoisotopic (exact) mass is 300 g/mol. The highest BCUT2D eigenvalue weighted by Crippen LogP contribution is 2.29. The van der Waals surface area contributed by atoms with Gasteiger partial charge in [0.05, 0.1) is 15.1 Å². The summed E-state index contributed by atoms with van der Waals surface area (Å²) in [6.45, 7) is 1.82. The zero-order valence-electron chi connectivity index (χ0n) is 8.57. The van der Waals surface area contributed by atoms with Crippen LogP contribution in [0.1, 0.15) is 19.2 Å². The van der Waals surface area contributed by atoms with E-state index in [2.05, 4.69) is 26.1 Å². The summed E-state index contributed by atoms with van der Waals surface area (Å²) in [7, 11) is 0. The number of Topliss-reactive ketones (excluding diaryl/α,β-unsaturated/α-hetero) is 1. The van der Waals surface area contributed by atoms with Gasteiger partial charge < -0.3 is 4.52 Å².